The van der Waals surface area contributed by atoms with Crippen molar-refractivity contribution in [2.75, 3.05) is 6.61 Å². The van der Waals surface area contributed by atoms with Crippen molar-refractivity contribution in [2.45, 2.75) is 83.0 Å². The van der Waals surface area contributed by atoms with Gasteiger partial charge in [0, 0.05) is 24.3 Å². The van der Waals surface area contributed by atoms with Crippen LogP contribution in [0, 0.1) is 0 Å². The lowest BCUT2D eigenvalue weighted by atomic mass is 9.98. The Morgan fingerprint density at radius 3 is 2.30 bits per heavy atom. The molecule has 0 heterocycles. The Balaban J connectivity index is 2.15. The first kappa shape index (κ1) is 21.7. The zero-order chi connectivity index (χ0) is 20.0. The quantitative estimate of drug-likeness (QED) is 0.556. The van der Waals surface area contributed by atoms with E-state index in [1.54, 1.807) is 0 Å². The Bertz CT molecular complexity index is 596. The van der Waals surface area contributed by atoms with E-state index in [2.05, 4.69) is 6.92 Å². The molecular weight excluding hydrogens is 355 g/mol. The Kier molecular flexibility index (Phi) is 7.71. The third-order valence-corrected chi connectivity index (χ3v) is 5.28. The molecule has 1 amide bonds. The number of halogens is 3. The van der Waals surface area contributed by atoms with Crippen LogP contribution in [0.1, 0.15) is 80.6 Å². The molecule has 1 saturated carbocycles. The second-order valence-corrected chi connectivity index (χ2v) is 7.49. The number of rotatable bonds is 10. The van der Waals surface area contributed by atoms with Crippen LogP contribution >= 0.6 is 0 Å². The maximum absolute atomic E-state index is 13.1. The first-order valence-corrected chi connectivity index (χ1v) is 9.89. The molecule has 0 aromatic heterocycles. The molecule has 0 saturated heterocycles. The lowest BCUT2D eigenvalue weighted by molar-refractivity contribution is -0.146. The van der Waals surface area contributed by atoms with Crippen molar-refractivity contribution in [3.63, 3.8) is 0 Å². The summed E-state index contributed by atoms with van der Waals surface area (Å²) in [4.78, 5) is 15.1. The summed E-state index contributed by atoms with van der Waals surface area (Å²) in [5.74, 6) is -1.64. The summed E-state index contributed by atoms with van der Waals surface area (Å²) in [6.45, 7) is 3.36. The van der Waals surface area contributed by atoms with Crippen LogP contribution in [-0.2, 0) is 0 Å². The third-order valence-electron chi connectivity index (χ3n) is 5.28. The average Bonchev–Trinajstić information content (AvgIpc) is 3.45. The zero-order valence-electron chi connectivity index (χ0n) is 16.1. The van der Waals surface area contributed by atoms with Crippen LogP contribution < -0.4 is 0 Å². The molecular formula is C21H30F3NO2. The maximum Gasteiger partial charge on any atom is 0.395 e. The number of aliphatic hydroxyl groups is 1. The van der Waals surface area contributed by atoms with Crippen LogP contribution in [0.5, 0.6) is 0 Å². The summed E-state index contributed by atoms with van der Waals surface area (Å²) >= 11 is 0. The van der Waals surface area contributed by atoms with Gasteiger partial charge < -0.3 is 10.0 Å². The maximum atomic E-state index is 13.1. The molecule has 1 aliphatic rings. The lowest BCUT2D eigenvalue weighted by Crippen LogP contribution is -2.42. The van der Waals surface area contributed by atoms with Gasteiger partial charge in [-0.25, -0.2) is 0 Å². The van der Waals surface area contributed by atoms with Gasteiger partial charge in [0.15, 0.2) is 0 Å². The molecule has 1 fully saturated rings. The van der Waals surface area contributed by atoms with Gasteiger partial charge in [0.2, 0.25) is 0 Å². The molecule has 1 aromatic rings. The van der Waals surface area contributed by atoms with E-state index in [1.807, 2.05) is 4.90 Å². The largest absolute Gasteiger partial charge is 0.396 e. The monoisotopic (exact) mass is 385 g/mol. The molecule has 1 aromatic carbocycles. The van der Waals surface area contributed by atoms with Gasteiger partial charge >= 0.3 is 6.18 Å². The second-order valence-electron chi connectivity index (χ2n) is 7.49. The Morgan fingerprint density at radius 1 is 1.19 bits per heavy atom. The van der Waals surface area contributed by atoms with Crippen LogP contribution in [0.25, 0.3) is 0 Å². The predicted octanol–water partition coefficient (Wildman–Crippen LogP) is 5.29. The summed E-state index contributed by atoms with van der Waals surface area (Å²) in [6, 6.07) is 6.22. The van der Waals surface area contributed by atoms with Gasteiger partial charge in [0.25, 0.3) is 5.91 Å². The van der Waals surface area contributed by atoms with Crippen molar-refractivity contribution < 1.29 is 23.1 Å². The number of hydrogen-bond acceptors (Lipinski definition) is 2. The van der Waals surface area contributed by atoms with E-state index in [9.17, 15) is 18.0 Å². The number of carbonyl (C=O) groups excluding carboxylic acids is 1. The number of unbranched alkanes of at least 4 members (excludes halogenated alkanes) is 1. The molecule has 0 bridgehead atoms. The summed E-state index contributed by atoms with van der Waals surface area (Å²) in [6.07, 6.45) is 1.96. The van der Waals surface area contributed by atoms with Crippen molar-refractivity contribution in [2.24, 2.45) is 0 Å². The smallest absolute Gasteiger partial charge is 0.395 e. The summed E-state index contributed by atoms with van der Waals surface area (Å²) < 4.78 is 38.6. The van der Waals surface area contributed by atoms with E-state index in [1.165, 1.54) is 24.3 Å². The van der Waals surface area contributed by atoms with Crippen molar-refractivity contribution in [3.05, 3.63) is 35.4 Å². The first-order valence-electron chi connectivity index (χ1n) is 9.89. The van der Waals surface area contributed by atoms with E-state index in [0.717, 1.165) is 51.9 Å². The van der Waals surface area contributed by atoms with Gasteiger partial charge in [0.1, 0.15) is 0 Å². The molecule has 1 aliphatic carbocycles. The van der Waals surface area contributed by atoms with Crippen LogP contribution in [0.2, 0.25) is 0 Å². The minimum atomic E-state index is -4.29. The van der Waals surface area contributed by atoms with E-state index in [-0.39, 0.29) is 30.2 Å². The van der Waals surface area contributed by atoms with Gasteiger partial charge in [0.05, 0.1) is 5.92 Å². The molecule has 2 unspecified atom stereocenters. The molecule has 3 nitrogen and oxygen atoms in total. The van der Waals surface area contributed by atoms with Gasteiger partial charge in [-0.1, -0.05) is 25.5 Å². The van der Waals surface area contributed by atoms with E-state index >= 15 is 0 Å². The lowest BCUT2D eigenvalue weighted by Gasteiger charge is -2.32. The molecule has 6 heteroatoms. The topological polar surface area (TPSA) is 40.5 Å². The van der Waals surface area contributed by atoms with Gasteiger partial charge in [-0.05, 0) is 63.1 Å². The first-order chi connectivity index (χ1) is 12.8. The Hall–Kier alpha value is -1.56. The standard InChI is InChI=1S/C21H30F3NO2/c1-3-6-18(7-4-5-14-26)25(19-12-13-19)20(27)17-10-8-16(9-11-17)15(2)21(22,23)24/h8-11,15,18-19,26H,3-7,12-14H2,1-2H3. The van der Waals surface area contributed by atoms with Gasteiger partial charge in [-0.15, -0.1) is 0 Å². The number of alkyl halides is 3. The molecule has 2 atom stereocenters. The molecule has 0 spiro atoms. The van der Waals surface area contributed by atoms with Crippen molar-refractivity contribution in [3.8, 4) is 0 Å². The van der Waals surface area contributed by atoms with Gasteiger partial charge in [-0.3, -0.25) is 4.79 Å². The molecule has 1 N–H and O–H groups in total. The van der Waals surface area contributed by atoms with Crippen LogP contribution in [0.4, 0.5) is 13.2 Å². The number of amides is 1. The van der Waals surface area contributed by atoms with Crippen LogP contribution in [0.15, 0.2) is 24.3 Å². The highest BCUT2D eigenvalue weighted by Crippen LogP contribution is 2.35. The molecule has 152 valence electrons. The molecule has 2 rings (SSSR count). The number of hydrogen-bond donors (Lipinski definition) is 1. The molecule has 0 aliphatic heterocycles. The minimum absolute atomic E-state index is 0.0915. The average molecular weight is 385 g/mol. The van der Waals surface area contributed by atoms with Crippen molar-refractivity contribution >= 4 is 5.91 Å². The third kappa shape index (κ3) is 5.96. The number of benzene rings is 1. The second kappa shape index (κ2) is 9.58. The van der Waals surface area contributed by atoms with E-state index < -0.39 is 12.1 Å². The highest BCUT2D eigenvalue weighted by Gasteiger charge is 2.38. The number of carbonyl (C=O) groups is 1. The molecule has 27 heavy (non-hydrogen) atoms. The predicted molar refractivity (Wildman–Crippen MR) is 99.7 cm³/mol. The number of aliphatic hydroxyl groups excluding tert-OH is 1. The SMILES string of the molecule is CCCC(CCCCO)N(C(=O)c1ccc(C(C)C(F)(F)F)cc1)C1CC1. The zero-order valence-corrected chi connectivity index (χ0v) is 16.1. The van der Waals surface area contributed by atoms with Crippen molar-refractivity contribution in [1.29, 1.82) is 0 Å². The molecule has 0 radical (unpaired) electrons. The summed E-state index contributed by atoms with van der Waals surface area (Å²) in [5.41, 5.74) is 0.619. The van der Waals surface area contributed by atoms with E-state index in [0.29, 0.717) is 5.56 Å². The normalized spacial score (nSPS) is 16.8. The Labute approximate surface area is 159 Å². The van der Waals surface area contributed by atoms with Crippen LogP contribution in [-0.4, -0.2) is 40.8 Å². The summed E-state index contributed by atoms with van der Waals surface area (Å²) in [7, 11) is 0. The number of nitrogens with zero attached hydrogens (tertiary/aromatic N) is 1. The summed E-state index contributed by atoms with van der Waals surface area (Å²) in [5, 5.41) is 9.02. The fourth-order valence-electron chi connectivity index (χ4n) is 3.48. The fourth-order valence-corrected chi connectivity index (χ4v) is 3.48. The van der Waals surface area contributed by atoms with Gasteiger partial charge in [-0.2, -0.15) is 13.2 Å². The van der Waals surface area contributed by atoms with Crippen LogP contribution in [0.3, 0.4) is 0 Å². The Morgan fingerprint density at radius 2 is 1.81 bits per heavy atom. The minimum Gasteiger partial charge on any atom is -0.396 e. The highest BCUT2D eigenvalue weighted by molar-refractivity contribution is 5.95. The van der Waals surface area contributed by atoms with E-state index in [4.69, 9.17) is 5.11 Å². The van der Waals surface area contributed by atoms with Crippen molar-refractivity contribution in [1.82, 2.24) is 4.90 Å². The fraction of sp³-hybridized carbons (Fsp3) is 0.667. The highest BCUT2D eigenvalue weighted by atomic mass is 19.4.